The Kier molecular flexibility index (Phi) is 4.16. The van der Waals surface area contributed by atoms with E-state index < -0.39 is 11.7 Å². The number of nitrogens with zero attached hydrogens (tertiary/aromatic N) is 1. The van der Waals surface area contributed by atoms with Crippen LogP contribution in [-0.2, 0) is 6.18 Å². The highest BCUT2D eigenvalue weighted by molar-refractivity contribution is 7.99. The lowest BCUT2D eigenvalue weighted by molar-refractivity contribution is -0.137. The van der Waals surface area contributed by atoms with E-state index in [4.69, 9.17) is 11.5 Å². The third kappa shape index (κ3) is 3.11. The topological polar surface area (TPSA) is 55.3 Å². The first-order chi connectivity index (χ1) is 10.9. The van der Waals surface area contributed by atoms with E-state index in [1.54, 1.807) is 12.1 Å². The number of nitrogen functional groups attached to an aromatic ring is 1. The number of nitrogens with two attached hydrogens (primary N) is 2. The number of anilines is 3. The summed E-state index contributed by atoms with van der Waals surface area (Å²) in [6, 6.07) is 9.33. The predicted octanol–water partition coefficient (Wildman–Crippen LogP) is 4.24. The molecule has 0 saturated carbocycles. The molecule has 2 aromatic carbocycles. The number of hydrogen-bond acceptors (Lipinski definition) is 4. The van der Waals surface area contributed by atoms with Gasteiger partial charge in [0.2, 0.25) is 0 Å². The van der Waals surface area contributed by atoms with E-state index in [-0.39, 0.29) is 0 Å². The lowest BCUT2D eigenvalue weighted by atomic mass is 10.1. The van der Waals surface area contributed by atoms with Gasteiger partial charge in [-0.05, 0) is 49.4 Å². The van der Waals surface area contributed by atoms with Crippen molar-refractivity contribution in [1.29, 1.82) is 0 Å². The number of alkyl halides is 3. The summed E-state index contributed by atoms with van der Waals surface area (Å²) in [5, 5.41) is 0. The molecule has 0 fully saturated rings. The van der Waals surface area contributed by atoms with Crippen molar-refractivity contribution in [2.24, 2.45) is 5.73 Å². The van der Waals surface area contributed by atoms with E-state index in [1.165, 1.54) is 23.9 Å². The van der Waals surface area contributed by atoms with Crippen LogP contribution in [0, 0.1) is 0 Å². The van der Waals surface area contributed by atoms with Crippen molar-refractivity contribution in [2.75, 3.05) is 23.7 Å². The third-order valence-corrected chi connectivity index (χ3v) is 4.79. The summed E-state index contributed by atoms with van der Waals surface area (Å²) in [6.45, 7) is 1.01. The largest absolute Gasteiger partial charge is 0.416 e. The Bertz CT molecular complexity index is 731. The highest BCUT2D eigenvalue weighted by Gasteiger charge is 2.33. The molecule has 1 heterocycles. The van der Waals surface area contributed by atoms with Crippen LogP contribution in [0.4, 0.5) is 30.2 Å². The van der Waals surface area contributed by atoms with Crippen LogP contribution in [0.5, 0.6) is 0 Å². The lowest BCUT2D eigenvalue weighted by Crippen LogP contribution is -2.24. The van der Waals surface area contributed by atoms with Crippen molar-refractivity contribution in [3.63, 3.8) is 0 Å². The summed E-state index contributed by atoms with van der Waals surface area (Å²) in [7, 11) is 0. The van der Waals surface area contributed by atoms with E-state index in [2.05, 4.69) is 0 Å². The van der Waals surface area contributed by atoms with Gasteiger partial charge in [0.15, 0.2) is 0 Å². The Morgan fingerprint density at radius 3 is 2.30 bits per heavy atom. The van der Waals surface area contributed by atoms with Gasteiger partial charge < -0.3 is 16.4 Å². The number of rotatable bonds is 3. The molecule has 0 bridgehead atoms. The summed E-state index contributed by atoms with van der Waals surface area (Å²) < 4.78 is 39.1. The Labute approximate surface area is 136 Å². The van der Waals surface area contributed by atoms with E-state index in [9.17, 15) is 13.2 Å². The maximum Gasteiger partial charge on any atom is 0.416 e. The molecule has 0 unspecified atom stereocenters. The van der Waals surface area contributed by atoms with Gasteiger partial charge in [-0.15, -0.1) is 0 Å². The minimum atomic E-state index is -4.37. The highest BCUT2D eigenvalue weighted by atomic mass is 32.2. The highest BCUT2D eigenvalue weighted by Crippen LogP contribution is 2.50. The van der Waals surface area contributed by atoms with Crippen molar-refractivity contribution >= 4 is 28.8 Å². The second kappa shape index (κ2) is 5.98. The molecule has 0 spiro atoms. The van der Waals surface area contributed by atoms with Gasteiger partial charge in [-0.1, -0.05) is 11.8 Å². The Balaban J connectivity index is 2.11. The smallest absolute Gasteiger partial charge is 0.399 e. The van der Waals surface area contributed by atoms with Crippen LogP contribution in [0.3, 0.4) is 0 Å². The molecule has 3 rings (SSSR count). The van der Waals surface area contributed by atoms with Crippen LogP contribution in [0.15, 0.2) is 46.2 Å². The van der Waals surface area contributed by atoms with Gasteiger partial charge in [-0.3, -0.25) is 0 Å². The zero-order valence-electron chi connectivity index (χ0n) is 12.2. The average molecular weight is 339 g/mol. The number of halogens is 3. The number of hydrogen-bond donors (Lipinski definition) is 2. The van der Waals surface area contributed by atoms with Crippen LogP contribution >= 0.6 is 11.8 Å². The molecule has 0 atom stereocenters. The minimum absolute atomic E-state index is 0.468. The van der Waals surface area contributed by atoms with Crippen molar-refractivity contribution < 1.29 is 13.2 Å². The molecule has 0 saturated heterocycles. The van der Waals surface area contributed by atoms with Crippen LogP contribution in [-0.4, -0.2) is 13.1 Å². The second-order valence-corrected chi connectivity index (χ2v) is 6.39. The van der Waals surface area contributed by atoms with Crippen LogP contribution in [0.1, 0.15) is 12.0 Å². The van der Waals surface area contributed by atoms with E-state index in [0.29, 0.717) is 30.9 Å². The fourth-order valence-corrected chi connectivity index (χ4v) is 3.62. The molecular weight excluding hydrogens is 323 g/mol. The zero-order chi connectivity index (χ0) is 16.6. The van der Waals surface area contributed by atoms with Gasteiger partial charge in [0.05, 0.1) is 16.9 Å². The van der Waals surface area contributed by atoms with Crippen LogP contribution in [0.25, 0.3) is 0 Å². The van der Waals surface area contributed by atoms with Gasteiger partial charge >= 0.3 is 6.18 Å². The van der Waals surface area contributed by atoms with Crippen LogP contribution < -0.4 is 16.4 Å². The molecule has 3 nitrogen and oxygen atoms in total. The summed E-state index contributed by atoms with van der Waals surface area (Å²) >= 11 is 1.45. The van der Waals surface area contributed by atoms with Gasteiger partial charge in [-0.25, -0.2) is 0 Å². The molecule has 2 aromatic rings. The maximum atomic E-state index is 13.0. The molecule has 122 valence electrons. The summed E-state index contributed by atoms with van der Waals surface area (Å²) in [5.74, 6) is 0. The summed E-state index contributed by atoms with van der Waals surface area (Å²) in [5.41, 5.74) is 12.7. The van der Waals surface area contributed by atoms with Crippen molar-refractivity contribution in [2.45, 2.75) is 22.4 Å². The predicted molar refractivity (Wildman–Crippen MR) is 87.1 cm³/mol. The molecule has 23 heavy (non-hydrogen) atoms. The van der Waals surface area contributed by atoms with E-state index >= 15 is 0 Å². The van der Waals surface area contributed by atoms with E-state index in [1.807, 2.05) is 11.0 Å². The van der Waals surface area contributed by atoms with E-state index in [0.717, 1.165) is 21.5 Å². The monoisotopic (exact) mass is 339 g/mol. The third-order valence-electron chi connectivity index (χ3n) is 3.66. The first-order valence-corrected chi connectivity index (χ1v) is 7.98. The Morgan fingerprint density at radius 1 is 1.00 bits per heavy atom. The maximum absolute atomic E-state index is 13.0. The first kappa shape index (κ1) is 16.0. The quantitative estimate of drug-likeness (QED) is 0.821. The Morgan fingerprint density at radius 2 is 1.65 bits per heavy atom. The second-order valence-electron chi connectivity index (χ2n) is 5.30. The molecule has 4 N–H and O–H groups in total. The van der Waals surface area contributed by atoms with Gasteiger partial charge in [0.1, 0.15) is 0 Å². The molecule has 0 aliphatic carbocycles. The SMILES string of the molecule is NCCCN1c2cc(N)ccc2Sc2ccc(C(F)(F)F)cc21. The standard InChI is InChI=1S/C16H16F3N3S/c17-16(18,19)10-2-4-14-12(8-10)22(7-1-6-20)13-9-11(21)3-5-15(13)23-14/h2-5,8-9H,1,6-7,20-21H2. The van der Waals surface area contributed by atoms with Crippen molar-refractivity contribution in [3.05, 3.63) is 42.0 Å². The van der Waals surface area contributed by atoms with Crippen LogP contribution in [0.2, 0.25) is 0 Å². The average Bonchev–Trinajstić information content (AvgIpc) is 2.50. The van der Waals surface area contributed by atoms with Gasteiger partial charge in [0, 0.05) is 22.0 Å². The molecule has 7 heteroatoms. The molecule has 0 aromatic heterocycles. The first-order valence-electron chi connectivity index (χ1n) is 7.16. The minimum Gasteiger partial charge on any atom is -0.399 e. The molecule has 0 amide bonds. The normalized spacial score (nSPS) is 13.7. The molecule has 1 aliphatic rings. The van der Waals surface area contributed by atoms with Gasteiger partial charge in [-0.2, -0.15) is 13.2 Å². The lowest BCUT2D eigenvalue weighted by Gasteiger charge is -2.33. The van der Waals surface area contributed by atoms with Crippen molar-refractivity contribution in [3.8, 4) is 0 Å². The fraction of sp³-hybridized carbons (Fsp3) is 0.250. The Hall–Kier alpha value is -1.86. The summed E-state index contributed by atoms with van der Waals surface area (Å²) in [6.07, 6.45) is -3.69. The number of benzene rings is 2. The molecular formula is C16H16F3N3S. The summed E-state index contributed by atoms with van der Waals surface area (Å²) in [4.78, 5) is 3.65. The molecule has 0 radical (unpaired) electrons. The zero-order valence-corrected chi connectivity index (χ0v) is 13.0. The van der Waals surface area contributed by atoms with Gasteiger partial charge in [0.25, 0.3) is 0 Å². The fourth-order valence-electron chi connectivity index (χ4n) is 2.56. The number of fused-ring (bicyclic) bond motifs is 2. The molecule has 1 aliphatic heterocycles. The van der Waals surface area contributed by atoms with Crippen molar-refractivity contribution in [1.82, 2.24) is 0 Å².